The minimum Gasteiger partial charge on any atom is -0.381 e. The Balaban J connectivity index is 1.20. The highest BCUT2D eigenvalue weighted by Crippen LogP contribution is 2.38. The van der Waals surface area contributed by atoms with Crippen molar-refractivity contribution in [3.05, 3.63) is 80.8 Å². The van der Waals surface area contributed by atoms with E-state index < -0.39 is 0 Å². The van der Waals surface area contributed by atoms with Crippen LogP contribution in [0, 0.1) is 11.3 Å². The number of hydrogen-bond donors (Lipinski definition) is 3. The summed E-state index contributed by atoms with van der Waals surface area (Å²) in [6.45, 7) is 9.29. The van der Waals surface area contributed by atoms with Crippen LogP contribution in [0.4, 0.5) is 0 Å². The van der Waals surface area contributed by atoms with E-state index in [4.69, 9.17) is 14.7 Å². The van der Waals surface area contributed by atoms with Gasteiger partial charge in [0.25, 0.3) is 5.91 Å². The number of aromatic nitrogens is 3. The number of fused-ring (bicyclic) bond motifs is 2. The third kappa shape index (κ3) is 7.06. The predicted molar refractivity (Wildman–Crippen MR) is 172 cm³/mol. The van der Waals surface area contributed by atoms with Crippen LogP contribution < -0.4 is 16.2 Å². The van der Waals surface area contributed by atoms with Gasteiger partial charge >= 0.3 is 0 Å². The number of carbonyl (C=O) groups excluding carboxylic acids is 1. The summed E-state index contributed by atoms with van der Waals surface area (Å²) in [4.78, 5) is 38.4. The second kappa shape index (κ2) is 12.7. The fourth-order valence-corrected chi connectivity index (χ4v) is 7.07. The third-order valence-electron chi connectivity index (χ3n) is 8.99. The number of benzene rings is 1. The maximum absolute atomic E-state index is 13.6. The lowest BCUT2D eigenvalue weighted by molar-refractivity contribution is 0.0777. The maximum Gasteiger partial charge on any atom is 0.280 e. The second-order valence-electron chi connectivity index (χ2n) is 13.0. The molecule has 3 aromatic heterocycles. The zero-order valence-electron chi connectivity index (χ0n) is 25.2. The van der Waals surface area contributed by atoms with Gasteiger partial charge < -0.3 is 20.4 Å². The van der Waals surface area contributed by atoms with Gasteiger partial charge in [0.2, 0.25) is 5.56 Å². The molecular weight excluding hydrogens is 558 g/mol. The minimum atomic E-state index is -0.190. The third-order valence-corrected chi connectivity index (χ3v) is 9.95. The molecule has 1 aliphatic heterocycles. The predicted octanol–water partition coefficient (Wildman–Crippen LogP) is 5.83. The molecule has 1 aliphatic carbocycles. The van der Waals surface area contributed by atoms with Crippen LogP contribution >= 0.6 is 11.3 Å². The maximum atomic E-state index is 13.6. The molecular formula is C34H41N5O3S. The molecule has 2 aliphatic rings. The average molecular weight is 600 g/mol. The Kier molecular flexibility index (Phi) is 8.75. The number of ether oxygens (including phenoxy) is 1. The fraction of sp³-hybridized carbons (Fsp3) is 0.471. The van der Waals surface area contributed by atoms with Gasteiger partial charge in [-0.3, -0.25) is 9.59 Å². The van der Waals surface area contributed by atoms with Crippen LogP contribution in [0.5, 0.6) is 0 Å². The molecule has 4 heterocycles. The first-order valence-electron chi connectivity index (χ1n) is 15.4. The molecule has 1 unspecified atom stereocenters. The SMILES string of the molecule is CC(C)(C)[C@H]1CCc2nc3sc(C(=O)NC(CCNC4CCOCC4)c4ccc(-c5ccc(=O)[nH]c5)cc4)nc3cc2C1. The number of pyridine rings is 2. The summed E-state index contributed by atoms with van der Waals surface area (Å²) in [7, 11) is 0. The van der Waals surface area contributed by atoms with Crippen molar-refractivity contribution in [3.63, 3.8) is 0 Å². The summed E-state index contributed by atoms with van der Waals surface area (Å²) in [6.07, 6.45) is 7.60. The second-order valence-corrected chi connectivity index (χ2v) is 13.9. The lowest BCUT2D eigenvalue weighted by Crippen LogP contribution is -2.37. The molecule has 9 heteroatoms. The zero-order valence-corrected chi connectivity index (χ0v) is 26.1. The van der Waals surface area contributed by atoms with Crippen LogP contribution in [0.3, 0.4) is 0 Å². The van der Waals surface area contributed by atoms with Crippen molar-refractivity contribution in [2.24, 2.45) is 11.3 Å². The molecule has 6 rings (SSSR count). The van der Waals surface area contributed by atoms with Gasteiger partial charge in [-0.1, -0.05) is 56.4 Å². The number of carbonyl (C=O) groups is 1. The van der Waals surface area contributed by atoms with E-state index in [9.17, 15) is 9.59 Å². The van der Waals surface area contributed by atoms with E-state index in [2.05, 4.69) is 54.6 Å². The van der Waals surface area contributed by atoms with Crippen molar-refractivity contribution >= 4 is 27.6 Å². The van der Waals surface area contributed by atoms with Crippen LogP contribution in [0.15, 0.2) is 53.5 Å². The fourth-order valence-electron chi connectivity index (χ4n) is 6.22. The topological polar surface area (TPSA) is 109 Å². The lowest BCUT2D eigenvalue weighted by Gasteiger charge is -2.34. The standard InChI is InChI=1S/C34H41N5O3S/c1-34(2,3)25-9-10-27-24(18-25)19-29-32(38-27)43-33(39-29)31(41)37-28(12-15-35-26-13-16-42-17-14-26)22-6-4-21(5-7-22)23-8-11-30(40)36-20-23/h4-8,11,19-20,25-26,28,35H,9-10,12-18H2,1-3H3,(H,36,40)(H,37,41)/t25-,28?/m0/s1. The van der Waals surface area contributed by atoms with Crippen LogP contribution in [0.25, 0.3) is 21.5 Å². The van der Waals surface area contributed by atoms with Crippen LogP contribution in [0.1, 0.15) is 79.1 Å². The van der Waals surface area contributed by atoms with Crippen molar-refractivity contribution in [3.8, 4) is 11.1 Å². The molecule has 226 valence electrons. The first kappa shape index (κ1) is 29.7. The average Bonchev–Trinajstić information content (AvgIpc) is 3.43. The Morgan fingerprint density at radius 1 is 1.07 bits per heavy atom. The smallest absolute Gasteiger partial charge is 0.280 e. The number of aromatic amines is 1. The zero-order chi connectivity index (χ0) is 30.0. The number of rotatable bonds is 8. The van der Waals surface area contributed by atoms with Crippen molar-refractivity contribution in [1.29, 1.82) is 0 Å². The number of amides is 1. The summed E-state index contributed by atoms with van der Waals surface area (Å²) in [6, 6.07) is 13.9. The Bertz CT molecular complexity index is 1610. The molecule has 43 heavy (non-hydrogen) atoms. The van der Waals surface area contributed by atoms with E-state index in [0.717, 1.165) is 91.0 Å². The molecule has 8 nitrogen and oxygen atoms in total. The lowest BCUT2D eigenvalue weighted by atomic mass is 9.71. The number of nitrogens with zero attached hydrogens (tertiary/aromatic N) is 2. The highest BCUT2D eigenvalue weighted by molar-refractivity contribution is 7.19. The molecule has 1 saturated heterocycles. The van der Waals surface area contributed by atoms with Gasteiger partial charge in [-0.25, -0.2) is 9.97 Å². The number of nitrogens with one attached hydrogen (secondary N) is 3. The van der Waals surface area contributed by atoms with E-state index >= 15 is 0 Å². The van der Waals surface area contributed by atoms with Gasteiger partial charge in [0.15, 0.2) is 5.01 Å². The van der Waals surface area contributed by atoms with Crippen molar-refractivity contribution in [1.82, 2.24) is 25.6 Å². The van der Waals surface area contributed by atoms with E-state index in [0.29, 0.717) is 17.0 Å². The minimum absolute atomic E-state index is 0.125. The molecule has 3 N–H and O–H groups in total. The van der Waals surface area contributed by atoms with Crippen molar-refractivity contribution < 1.29 is 9.53 Å². The molecule has 0 radical (unpaired) electrons. The Hall–Kier alpha value is -3.40. The molecule has 1 fully saturated rings. The van der Waals surface area contributed by atoms with E-state index in [1.165, 1.54) is 23.0 Å². The Labute approximate surface area is 256 Å². The van der Waals surface area contributed by atoms with Gasteiger partial charge in [0.1, 0.15) is 10.3 Å². The van der Waals surface area contributed by atoms with Gasteiger partial charge in [0, 0.05) is 37.2 Å². The highest BCUT2D eigenvalue weighted by atomic mass is 32.1. The number of aryl methyl sites for hydroxylation is 1. The van der Waals surface area contributed by atoms with Gasteiger partial charge in [-0.05, 0) is 90.8 Å². The molecule has 4 aromatic rings. The largest absolute Gasteiger partial charge is 0.381 e. The van der Waals surface area contributed by atoms with Crippen molar-refractivity contribution in [2.75, 3.05) is 19.8 Å². The van der Waals surface area contributed by atoms with E-state index in [1.54, 1.807) is 6.20 Å². The molecule has 0 bridgehead atoms. The normalized spacial score (nSPS) is 18.3. The summed E-state index contributed by atoms with van der Waals surface area (Å²) in [5.74, 6) is 0.445. The van der Waals surface area contributed by atoms with Crippen LogP contribution in [-0.2, 0) is 17.6 Å². The van der Waals surface area contributed by atoms with E-state index in [1.807, 2.05) is 18.2 Å². The highest BCUT2D eigenvalue weighted by Gasteiger charge is 2.30. The first-order valence-corrected chi connectivity index (χ1v) is 16.2. The molecule has 1 amide bonds. The number of hydrogen-bond acceptors (Lipinski definition) is 7. The number of H-pyrrole nitrogens is 1. The summed E-state index contributed by atoms with van der Waals surface area (Å²) < 4.78 is 5.50. The summed E-state index contributed by atoms with van der Waals surface area (Å²) in [5.41, 5.74) is 6.33. The number of thiazole rings is 1. The molecule has 0 spiro atoms. The molecule has 0 saturated carbocycles. The van der Waals surface area contributed by atoms with Crippen LogP contribution in [0.2, 0.25) is 0 Å². The van der Waals surface area contributed by atoms with Crippen molar-refractivity contribution in [2.45, 2.75) is 71.4 Å². The Morgan fingerprint density at radius 3 is 2.56 bits per heavy atom. The Morgan fingerprint density at radius 2 is 1.84 bits per heavy atom. The summed E-state index contributed by atoms with van der Waals surface area (Å²) in [5, 5.41) is 7.39. The quantitative estimate of drug-likeness (QED) is 0.235. The van der Waals surface area contributed by atoms with Gasteiger partial charge in [-0.15, -0.1) is 0 Å². The van der Waals surface area contributed by atoms with Crippen LogP contribution in [-0.4, -0.2) is 46.7 Å². The monoisotopic (exact) mass is 599 g/mol. The molecule has 1 aromatic carbocycles. The van der Waals surface area contributed by atoms with E-state index in [-0.39, 0.29) is 22.9 Å². The first-order chi connectivity index (χ1) is 20.7. The van der Waals surface area contributed by atoms with Gasteiger partial charge in [0.05, 0.1) is 6.04 Å². The van der Waals surface area contributed by atoms with Gasteiger partial charge in [-0.2, -0.15) is 0 Å². The molecule has 2 atom stereocenters. The summed E-state index contributed by atoms with van der Waals surface area (Å²) >= 11 is 1.38.